The summed E-state index contributed by atoms with van der Waals surface area (Å²) in [6, 6.07) is 3.22. The van der Waals surface area contributed by atoms with Crippen LogP contribution in [0.1, 0.15) is 83.1 Å². The molecule has 1 saturated carbocycles. The van der Waals surface area contributed by atoms with Crippen molar-refractivity contribution in [3.63, 3.8) is 0 Å². The number of allylic oxidation sites excluding steroid dienone is 4. The third-order valence-electron chi connectivity index (χ3n) is 6.46. The van der Waals surface area contributed by atoms with E-state index < -0.39 is 11.6 Å². The highest BCUT2D eigenvalue weighted by molar-refractivity contribution is 5.34. The van der Waals surface area contributed by atoms with Crippen LogP contribution in [0.4, 0.5) is 13.2 Å². The van der Waals surface area contributed by atoms with Gasteiger partial charge in [-0.3, -0.25) is 0 Å². The summed E-state index contributed by atoms with van der Waals surface area (Å²) in [7, 11) is 0. The van der Waals surface area contributed by atoms with Crippen LogP contribution in [0, 0.1) is 23.5 Å². The number of hydrogen-bond acceptors (Lipinski definition) is 1. The smallest absolute Gasteiger partial charge is 0.200 e. The quantitative estimate of drug-likeness (QED) is 0.417. The second kappa shape index (κ2) is 10.4. The topological polar surface area (TPSA) is 9.23 Å². The van der Waals surface area contributed by atoms with Crippen molar-refractivity contribution in [3.8, 4) is 5.75 Å². The first-order chi connectivity index (χ1) is 14.0. The zero-order valence-corrected chi connectivity index (χ0v) is 17.7. The Hall–Kier alpha value is -1.71. The molecular weight excluding hydrogens is 373 g/mol. The molecule has 160 valence electrons. The van der Waals surface area contributed by atoms with Gasteiger partial charge in [0.05, 0.1) is 12.4 Å². The fourth-order valence-corrected chi connectivity index (χ4v) is 4.87. The second-order valence-corrected chi connectivity index (χ2v) is 8.44. The van der Waals surface area contributed by atoms with Gasteiger partial charge in [0.25, 0.3) is 0 Å². The average molecular weight is 407 g/mol. The van der Waals surface area contributed by atoms with Crippen LogP contribution in [-0.4, -0.2) is 6.61 Å². The highest BCUT2D eigenvalue weighted by Gasteiger charge is 2.28. The SMILES string of the molecule is CCCC(F)=CC1CCC(C2=CCC(c3ccc(OCC)c(F)c3F)CC2)CC1. The number of halogens is 3. The third-order valence-corrected chi connectivity index (χ3v) is 6.46. The summed E-state index contributed by atoms with van der Waals surface area (Å²) < 4.78 is 47.6. The Labute approximate surface area is 173 Å². The molecule has 0 bridgehead atoms. The molecule has 0 heterocycles. The zero-order chi connectivity index (χ0) is 20.8. The number of hydrogen-bond donors (Lipinski definition) is 0. The van der Waals surface area contributed by atoms with E-state index in [1.54, 1.807) is 19.1 Å². The van der Waals surface area contributed by atoms with E-state index in [0.29, 0.717) is 30.4 Å². The Bertz CT molecular complexity index is 745. The van der Waals surface area contributed by atoms with E-state index in [1.165, 1.54) is 5.57 Å². The van der Waals surface area contributed by atoms with Gasteiger partial charge in [0, 0.05) is 0 Å². The van der Waals surface area contributed by atoms with Crippen LogP contribution in [0.5, 0.6) is 5.75 Å². The van der Waals surface area contributed by atoms with Crippen LogP contribution in [0.25, 0.3) is 0 Å². The molecule has 0 aliphatic heterocycles. The van der Waals surface area contributed by atoms with Gasteiger partial charge in [0.2, 0.25) is 5.82 Å². The van der Waals surface area contributed by atoms with Gasteiger partial charge in [-0.1, -0.05) is 24.6 Å². The summed E-state index contributed by atoms with van der Waals surface area (Å²) in [5.41, 5.74) is 1.92. The molecule has 1 aromatic rings. The molecule has 0 saturated heterocycles. The van der Waals surface area contributed by atoms with Crippen LogP contribution < -0.4 is 4.74 Å². The van der Waals surface area contributed by atoms with Gasteiger partial charge in [-0.2, -0.15) is 4.39 Å². The maximum Gasteiger partial charge on any atom is 0.200 e. The van der Waals surface area contributed by atoms with E-state index in [9.17, 15) is 13.2 Å². The van der Waals surface area contributed by atoms with Gasteiger partial charge >= 0.3 is 0 Å². The van der Waals surface area contributed by atoms with Crippen molar-refractivity contribution in [1.82, 2.24) is 0 Å². The Balaban J connectivity index is 1.58. The molecule has 2 aliphatic rings. The molecule has 1 aromatic carbocycles. The number of ether oxygens (including phenoxy) is 1. The van der Waals surface area contributed by atoms with Gasteiger partial charge in [-0.15, -0.1) is 0 Å². The Morgan fingerprint density at radius 1 is 1.03 bits per heavy atom. The highest BCUT2D eigenvalue weighted by atomic mass is 19.2. The van der Waals surface area contributed by atoms with Crippen LogP contribution in [-0.2, 0) is 0 Å². The molecule has 1 atom stereocenters. The Morgan fingerprint density at radius 2 is 1.79 bits per heavy atom. The third kappa shape index (κ3) is 5.46. The van der Waals surface area contributed by atoms with E-state index in [4.69, 9.17) is 4.74 Å². The Morgan fingerprint density at radius 3 is 2.41 bits per heavy atom. The minimum atomic E-state index is -0.874. The summed E-state index contributed by atoms with van der Waals surface area (Å²) in [5.74, 6) is -0.652. The van der Waals surface area contributed by atoms with Crippen molar-refractivity contribution >= 4 is 0 Å². The first-order valence-electron chi connectivity index (χ1n) is 11.2. The van der Waals surface area contributed by atoms with E-state index in [-0.39, 0.29) is 17.5 Å². The number of benzene rings is 1. The van der Waals surface area contributed by atoms with Gasteiger partial charge in [0.1, 0.15) is 0 Å². The molecule has 1 fully saturated rings. The summed E-state index contributed by atoms with van der Waals surface area (Å²) in [4.78, 5) is 0. The predicted octanol–water partition coefficient (Wildman–Crippen LogP) is 8.02. The van der Waals surface area contributed by atoms with E-state index in [1.807, 2.05) is 13.0 Å². The largest absolute Gasteiger partial charge is 0.491 e. The van der Waals surface area contributed by atoms with Crippen LogP contribution in [0.15, 0.2) is 35.7 Å². The average Bonchev–Trinajstić information content (AvgIpc) is 2.73. The van der Waals surface area contributed by atoms with Crippen LogP contribution in [0.3, 0.4) is 0 Å². The lowest BCUT2D eigenvalue weighted by Gasteiger charge is -2.32. The van der Waals surface area contributed by atoms with Gasteiger partial charge in [-0.25, -0.2) is 8.78 Å². The van der Waals surface area contributed by atoms with Crippen molar-refractivity contribution in [1.29, 1.82) is 0 Å². The van der Waals surface area contributed by atoms with Crippen molar-refractivity contribution in [2.45, 2.75) is 77.6 Å². The van der Waals surface area contributed by atoms with Crippen LogP contribution >= 0.6 is 0 Å². The fourth-order valence-electron chi connectivity index (χ4n) is 4.87. The minimum Gasteiger partial charge on any atom is -0.491 e. The molecule has 1 nitrogen and oxygen atoms in total. The van der Waals surface area contributed by atoms with Crippen molar-refractivity contribution in [3.05, 3.63) is 52.9 Å². The molecule has 0 amide bonds. The second-order valence-electron chi connectivity index (χ2n) is 8.44. The first kappa shape index (κ1) is 22.0. The van der Waals surface area contributed by atoms with Crippen molar-refractivity contribution < 1.29 is 17.9 Å². The van der Waals surface area contributed by atoms with E-state index >= 15 is 0 Å². The molecule has 0 aromatic heterocycles. The normalized spacial score (nSPS) is 25.6. The fraction of sp³-hybridized carbons (Fsp3) is 0.600. The maximum absolute atomic E-state index is 14.5. The monoisotopic (exact) mass is 406 g/mol. The summed E-state index contributed by atoms with van der Waals surface area (Å²) in [6.45, 7) is 4.07. The predicted molar refractivity (Wildman–Crippen MR) is 112 cm³/mol. The molecule has 1 unspecified atom stereocenters. The van der Waals surface area contributed by atoms with Gasteiger partial charge in [-0.05, 0) is 100 Å². The number of rotatable bonds is 7. The summed E-state index contributed by atoms with van der Waals surface area (Å²) >= 11 is 0. The molecule has 0 radical (unpaired) electrons. The van der Waals surface area contributed by atoms with Crippen LogP contribution in [0.2, 0.25) is 0 Å². The maximum atomic E-state index is 14.5. The molecule has 3 rings (SSSR count). The van der Waals surface area contributed by atoms with E-state index in [0.717, 1.165) is 51.4 Å². The standard InChI is InChI=1S/C25H33F3O/c1-3-5-21(26)16-17-6-8-18(9-7-17)19-10-12-20(13-11-19)22-14-15-23(29-4-2)25(28)24(22)27/h10,14-18,20H,3-9,11-13H2,1-2H3. The van der Waals surface area contributed by atoms with Crippen molar-refractivity contribution in [2.24, 2.45) is 11.8 Å². The zero-order valence-electron chi connectivity index (χ0n) is 17.7. The van der Waals surface area contributed by atoms with Gasteiger partial charge < -0.3 is 4.74 Å². The lowest BCUT2D eigenvalue weighted by Crippen LogP contribution is -2.18. The molecule has 0 N–H and O–H groups in total. The van der Waals surface area contributed by atoms with Gasteiger partial charge in [0.15, 0.2) is 11.6 Å². The molecule has 4 heteroatoms. The lowest BCUT2D eigenvalue weighted by atomic mass is 9.73. The molecule has 2 aliphatic carbocycles. The Kier molecular flexibility index (Phi) is 7.85. The lowest BCUT2D eigenvalue weighted by molar-refractivity contribution is 0.311. The molecule has 29 heavy (non-hydrogen) atoms. The summed E-state index contributed by atoms with van der Waals surface area (Å²) in [6.07, 6.45) is 12.3. The first-order valence-corrected chi connectivity index (χ1v) is 11.2. The molecular formula is C25H33F3O. The summed E-state index contributed by atoms with van der Waals surface area (Å²) in [5, 5.41) is 0. The highest BCUT2D eigenvalue weighted by Crippen LogP contribution is 2.42. The molecule has 0 spiro atoms. The van der Waals surface area contributed by atoms with Crippen molar-refractivity contribution in [2.75, 3.05) is 6.61 Å². The van der Waals surface area contributed by atoms with E-state index in [2.05, 4.69) is 6.08 Å². The minimum absolute atomic E-state index is 0.0121.